The van der Waals surface area contributed by atoms with E-state index >= 15 is 0 Å². The van der Waals surface area contributed by atoms with Crippen LogP contribution in [0.1, 0.15) is 0 Å². The number of fused-ring (bicyclic) bond motifs is 1. The number of nitrogens with two attached hydrogens (primary N) is 1. The van der Waals surface area contributed by atoms with Crippen LogP contribution in [-0.4, -0.2) is 19.5 Å². The van der Waals surface area contributed by atoms with Gasteiger partial charge in [-0.3, -0.25) is 0 Å². The normalized spacial score (nSPS) is 11.7. The Bertz CT molecular complexity index is 964. The van der Waals surface area contributed by atoms with Gasteiger partial charge in [0.1, 0.15) is 5.75 Å². The molecule has 5 nitrogen and oxygen atoms in total. The third-order valence-electron chi connectivity index (χ3n) is 3.39. The molecule has 114 valence electrons. The number of ether oxygens (including phenoxy) is 1. The van der Waals surface area contributed by atoms with Gasteiger partial charge in [-0.05, 0) is 36.4 Å². The molecule has 3 aromatic rings. The van der Waals surface area contributed by atoms with Crippen LogP contribution in [0, 0.1) is 0 Å². The average molecular weight is 337 g/mol. The second-order valence-corrected chi connectivity index (χ2v) is 6.95. The Morgan fingerprint density at radius 1 is 1.14 bits per heavy atom. The largest absolute Gasteiger partial charge is 0.497 e. The Labute approximate surface area is 132 Å². The van der Waals surface area contributed by atoms with Crippen LogP contribution >= 0.6 is 11.6 Å². The Kier molecular flexibility index (Phi) is 3.50. The monoisotopic (exact) mass is 336 g/mol. The third-order valence-corrected chi connectivity index (χ3v) is 5.42. The maximum Gasteiger partial charge on any atom is 0.268 e. The first kappa shape index (κ1) is 14.7. The van der Waals surface area contributed by atoms with E-state index in [1.807, 2.05) is 0 Å². The van der Waals surface area contributed by atoms with Crippen molar-refractivity contribution in [1.82, 2.24) is 3.97 Å². The lowest BCUT2D eigenvalue weighted by atomic mass is 10.2. The lowest BCUT2D eigenvalue weighted by Crippen LogP contribution is -2.12. The first-order valence-electron chi connectivity index (χ1n) is 6.39. The molecule has 0 saturated carbocycles. The molecule has 0 fully saturated rings. The highest BCUT2D eigenvalue weighted by Crippen LogP contribution is 2.28. The third kappa shape index (κ3) is 2.30. The SMILES string of the molecule is COc1ccc2ccn(S(=O)(=O)c3ccc(Cl)c(N)c3)c2c1. The van der Waals surface area contributed by atoms with E-state index in [0.29, 0.717) is 16.3 Å². The fraction of sp³-hybridized carbons (Fsp3) is 0.0667. The van der Waals surface area contributed by atoms with Crippen LogP contribution < -0.4 is 10.5 Å². The molecular weight excluding hydrogens is 324 g/mol. The number of rotatable bonds is 3. The number of anilines is 1. The summed E-state index contributed by atoms with van der Waals surface area (Å²) < 4.78 is 31.9. The Morgan fingerprint density at radius 2 is 1.91 bits per heavy atom. The molecule has 0 aliphatic carbocycles. The highest BCUT2D eigenvalue weighted by molar-refractivity contribution is 7.90. The molecule has 2 aromatic carbocycles. The van der Waals surface area contributed by atoms with E-state index in [2.05, 4.69) is 0 Å². The molecule has 0 amide bonds. The van der Waals surface area contributed by atoms with Crippen molar-refractivity contribution in [3.8, 4) is 5.75 Å². The van der Waals surface area contributed by atoms with Crippen molar-refractivity contribution < 1.29 is 13.2 Å². The zero-order valence-electron chi connectivity index (χ0n) is 11.7. The molecule has 0 atom stereocenters. The summed E-state index contributed by atoms with van der Waals surface area (Å²) in [5.74, 6) is 0.582. The summed E-state index contributed by atoms with van der Waals surface area (Å²) in [6, 6.07) is 11.2. The second kappa shape index (κ2) is 5.23. The maximum atomic E-state index is 12.8. The number of methoxy groups -OCH3 is 1. The average Bonchev–Trinajstić information content (AvgIpc) is 2.93. The summed E-state index contributed by atoms with van der Waals surface area (Å²) in [4.78, 5) is 0.0784. The molecule has 0 aliphatic rings. The molecule has 0 bridgehead atoms. The Balaban J connectivity index is 2.22. The molecule has 0 unspecified atom stereocenters. The van der Waals surface area contributed by atoms with Crippen molar-refractivity contribution in [1.29, 1.82) is 0 Å². The van der Waals surface area contributed by atoms with Crippen molar-refractivity contribution >= 4 is 38.2 Å². The summed E-state index contributed by atoms with van der Waals surface area (Å²) in [6.45, 7) is 0. The van der Waals surface area contributed by atoms with E-state index in [1.54, 1.807) is 24.3 Å². The number of nitrogen functional groups attached to an aromatic ring is 1. The molecule has 0 aliphatic heterocycles. The van der Waals surface area contributed by atoms with E-state index in [0.717, 1.165) is 5.39 Å². The molecule has 3 rings (SSSR count). The van der Waals surface area contributed by atoms with Crippen molar-refractivity contribution in [2.24, 2.45) is 0 Å². The van der Waals surface area contributed by atoms with Crippen LogP contribution in [0.5, 0.6) is 5.75 Å². The predicted octanol–water partition coefficient (Wildman–Crippen LogP) is 3.12. The molecule has 0 saturated heterocycles. The Hall–Kier alpha value is -2.18. The highest BCUT2D eigenvalue weighted by atomic mass is 35.5. The van der Waals surface area contributed by atoms with Crippen LogP contribution in [0.4, 0.5) is 5.69 Å². The minimum absolute atomic E-state index is 0.0784. The summed E-state index contributed by atoms with van der Waals surface area (Å²) in [5.41, 5.74) is 6.46. The van der Waals surface area contributed by atoms with Crippen molar-refractivity contribution in [2.75, 3.05) is 12.8 Å². The van der Waals surface area contributed by atoms with Gasteiger partial charge in [0.15, 0.2) is 0 Å². The van der Waals surface area contributed by atoms with E-state index in [4.69, 9.17) is 22.1 Å². The number of aromatic nitrogens is 1. The van der Waals surface area contributed by atoms with Gasteiger partial charge < -0.3 is 10.5 Å². The number of benzene rings is 2. The lowest BCUT2D eigenvalue weighted by Gasteiger charge is -2.09. The van der Waals surface area contributed by atoms with Crippen molar-refractivity contribution in [3.63, 3.8) is 0 Å². The molecular formula is C15H13ClN2O3S. The second-order valence-electron chi connectivity index (χ2n) is 4.72. The topological polar surface area (TPSA) is 74.3 Å². The molecule has 1 aromatic heterocycles. The van der Waals surface area contributed by atoms with E-state index in [1.165, 1.54) is 35.5 Å². The standard InChI is InChI=1S/C15H13ClN2O3S/c1-21-11-3-2-10-6-7-18(15(10)8-11)22(19,20)12-4-5-13(16)14(17)9-12/h2-9H,17H2,1H3. The predicted molar refractivity (Wildman–Crippen MR) is 86.9 cm³/mol. The van der Waals surface area contributed by atoms with Gasteiger partial charge in [0.05, 0.1) is 28.2 Å². The number of halogens is 1. The zero-order valence-corrected chi connectivity index (χ0v) is 13.2. The van der Waals surface area contributed by atoms with Gasteiger partial charge in [0.2, 0.25) is 0 Å². The number of hydrogen-bond acceptors (Lipinski definition) is 4. The first-order chi connectivity index (χ1) is 10.4. The van der Waals surface area contributed by atoms with Gasteiger partial charge in [-0.25, -0.2) is 12.4 Å². The lowest BCUT2D eigenvalue weighted by molar-refractivity contribution is 0.415. The minimum Gasteiger partial charge on any atom is -0.497 e. The fourth-order valence-corrected chi connectivity index (χ4v) is 3.71. The van der Waals surface area contributed by atoms with Crippen molar-refractivity contribution in [3.05, 3.63) is 53.7 Å². The van der Waals surface area contributed by atoms with E-state index < -0.39 is 10.0 Å². The Morgan fingerprint density at radius 3 is 2.59 bits per heavy atom. The molecule has 7 heteroatoms. The summed E-state index contributed by atoms with van der Waals surface area (Å²) >= 11 is 5.85. The molecule has 1 heterocycles. The van der Waals surface area contributed by atoms with Crippen LogP contribution in [0.15, 0.2) is 53.6 Å². The summed E-state index contributed by atoms with van der Waals surface area (Å²) in [6.07, 6.45) is 1.50. The van der Waals surface area contributed by atoms with Crippen LogP contribution in [0.25, 0.3) is 10.9 Å². The van der Waals surface area contributed by atoms with Gasteiger partial charge in [-0.2, -0.15) is 0 Å². The first-order valence-corrected chi connectivity index (χ1v) is 8.21. The van der Waals surface area contributed by atoms with Gasteiger partial charge in [0.25, 0.3) is 10.0 Å². The van der Waals surface area contributed by atoms with Gasteiger partial charge >= 0.3 is 0 Å². The summed E-state index contributed by atoms with van der Waals surface area (Å²) in [7, 11) is -2.23. The molecule has 0 spiro atoms. The van der Waals surface area contributed by atoms with Gasteiger partial charge in [-0.15, -0.1) is 0 Å². The highest BCUT2D eigenvalue weighted by Gasteiger charge is 2.20. The van der Waals surface area contributed by atoms with Crippen LogP contribution in [-0.2, 0) is 10.0 Å². The molecule has 2 N–H and O–H groups in total. The number of nitrogens with zero attached hydrogens (tertiary/aromatic N) is 1. The van der Waals surface area contributed by atoms with Gasteiger partial charge in [-0.1, -0.05) is 11.6 Å². The maximum absolute atomic E-state index is 12.8. The number of hydrogen-bond donors (Lipinski definition) is 1. The molecule has 0 radical (unpaired) electrons. The summed E-state index contributed by atoms with van der Waals surface area (Å²) in [5, 5.41) is 1.12. The van der Waals surface area contributed by atoms with E-state index in [9.17, 15) is 8.42 Å². The fourth-order valence-electron chi connectivity index (χ4n) is 2.22. The van der Waals surface area contributed by atoms with E-state index in [-0.39, 0.29) is 10.6 Å². The molecule has 22 heavy (non-hydrogen) atoms. The zero-order chi connectivity index (χ0) is 15.9. The van der Waals surface area contributed by atoms with Crippen molar-refractivity contribution in [2.45, 2.75) is 4.90 Å². The van der Waals surface area contributed by atoms with Crippen LogP contribution in [0.3, 0.4) is 0 Å². The smallest absolute Gasteiger partial charge is 0.268 e. The van der Waals surface area contributed by atoms with Gasteiger partial charge in [0, 0.05) is 17.6 Å². The van der Waals surface area contributed by atoms with Crippen LogP contribution in [0.2, 0.25) is 5.02 Å². The minimum atomic E-state index is -3.76. The quantitative estimate of drug-likeness (QED) is 0.746.